The van der Waals surface area contributed by atoms with Crippen molar-refractivity contribution in [3.05, 3.63) is 249 Å². The molecule has 310 valence electrons. The molecule has 11 aromatic rings. The highest BCUT2D eigenvalue weighted by atomic mass is 15.0. The third-order valence-electron chi connectivity index (χ3n) is 11.8. The molecule has 0 fully saturated rings. The molecule has 0 amide bonds. The van der Waals surface area contributed by atoms with Crippen molar-refractivity contribution >= 4 is 0 Å². The summed E-state index contributed by atoms with van der Waals surface area (Å²) in [6, 6.07) is 86.0. The van der Waals surface area contributed by atoms with Gasteiger partial charge in [0.2, 0.25) is 0 Å². The van der Waals surface area contributed by atoms with Crippen LogP contribution in [0.1, 0.15) is 0 Å². The Labute approximate surface area is 384 Å². The molecule has 0 saturated heterocycles. The Morgan fingerprint density at radius 1 is 0.152 bits per heavy atom. The Morgan fingerprint density at radius 2 is 0.424 bits per heavy atom. The number of hydrogen-bond acceptors (Lipinski definition) is 5. The average Bonchev–Trinajstić information content (AvgIpc) is 3.42. The first-order valence-electron chi connectivity index (χ1n) is 22.1. The molecular weight excluding hydrogens is 803 g/mol. The van der Waals surface area contributed by atoms with Crippen LogP contribution in [0.25, 0.3) is 113 Å². The van der Waals surface area contributed by atoms with Gasteiger partial charge in [-0.15, -0.1) is 0 Å². The molecule has 0 unspecified atom stereocenters. The zero-order valence-corrected chi connectivity index (χ0v) is 35.9. The minimum Gasteiger partial charge on any atom is -0.228 e. The lowest BCUT2D eigenvalue weighted by Gasteiger charge is -2.13. The second-order valence-corrected chi connectivity index (χ2v) is 16.1. The van der Waals surface area contributed by atoms with Gasteiger partial charge in [-0.2, -0.15) is 0 Å². The minimum absolute atomic E-state index is 0.609. The van der Waals surface area contributed by atoms with E-state index in [2.05, 4.69) is 194 Å². The molecule has 66 heavy (non-hydrogen) atoms. The Balaban J connectivity index is 0.956. The Kier molecular flexibility index (Phi) is 10.9. The molecule has 11 rings (SSSR count). The second kappa shape index (κ2) is 18.0. The van der Waals surface area contributed by atoms with Crippen LogP contribution in [0.4, 0.5) is 0 Å². The van der Waals surface area contributed by atoms with Gasteiger partial charge in [-0.05, 0) is 74.8 Å². The van der Waals surface area contributed by atoms with E-state index in [1.54, 1.807) is 0 Å². The van der Waals surface area contributed by atoms with Crippen molar-refractivity contribution in [3.63, 3.8) is 0 Å². The van der Waals surface area contributed by atoms with Gasteiger partial charge in [0, 0.05) is 33.4 Å². The number of benzene rings is 9. The minimum atomic E-state index is 0.609. The monoisotopic (exact) mass is 843 g/mol. The van der Waals surface area contributed by atoms with Gasteiger partial charge in [-0.25, -0.2) is 24.9 Å². The summed E-state index contributed by atoms with van der Waals surface area (Å²) in [7, 11) is 0. The van der Waals surface area contributed by atoms with E-state index in [1.165, 1.54) is 0 Å². The first-order valence-corrected chi connectivity index (χ1v) is 22.1. The topological polar surface area (TPSA) is 64.5 Å². The molecule has 2 aromatic heterocycles. The molecule has 0 radical (unpaired) electrons. The van der Waals surface area contributed by atoms with Gasteiger partial charge in [0.1, 0.15) is 0 Å². The molecule has 9 aromatic carbocycles. The molecule has 0 saturated carbocycles. The van der Waals surface area contributed by atoms with Crippen LogP contribution in [0.15, 0.2) is 249 Å². The zero-order chi connectivity index (χ0) is 44.1. The fourth-order valence-electron chi connectivity index (χ4n) is 8.29. The number of nitrogens with zero attached hydrogens (tertiary/aromatic N) is 5. The van der Waals surface area contributed by atoms with Crippen molar-refractivity contribution in [3.8, 4) is 113 Å². The smallest absolute Gasteiger partial charge is 0.164 e. The van der Waals surface area contributed by atoms with Crippen molar-refractivity contribution < 1.29 is 0 Å². The fraction of sp³-hybridized carbons (Fsp3) is 0. The molecule has 0 spiro atoms. The summed E-state index contributed by atoms with van der Waals surface area (Å²) in [4.78, 5) is 25.5. The standard InChI is InChI=1S/C61H41N5/c1-6-17-42(18-7-1)45-31-35-50(36-32-45)60-64-59(49-25-14-5-15-26-49)65-61(66-60)52-28-16-27-51(37-52)46-29-33-47(34-30-46)56-41-57(63-58(62-56)48-23-12-4-13-24-48)55-39-53(43-19-8-2-9-20-43)38-54(40-55)44-21-10-3-11-22-44/h1-41H. The molecule has 5 nitrogen and oxygen atoms in total. The van der Waals surface area contributed by atoms with Crippen molar-refractivity contribution in [2.75, 3.05) is 0 Å². The van der Waals surface area contributed by atoms with Crippen LogP contribution in [-0.2, 0) is 0 Å². The van der Waals surface area contributed by atoms with Gasteiger partial charge in [-0.3, -0.25) is 0 Å². The summed E-state index contributed by atoms with van der Waals surface area (Å²) >= 11 is 0. The van der Waals surface area contributed by atoms with Crippen LogP contribution < -0.4 is 0 Å². The zero-order valence-electron chi connectivity index (χ0n) is 35.9. The van der Waals surface area contributed by atoms with E-state index in [-0.39, 0.29) is 0 Å². The van der Waals surface area contributed by atoms with Crippen molar-refractivity contribution in [2.45, 2.75) is 0 Å². The first kappa shape index (κ1) is 39.9. The molecular formula is C61H41N5. The Hall–Kier alpha value is -8.93. The van der Waals surface area contributed by atoms with E-state index >= 15 is 0 Å². The van der Waals surface area contributed by atoms with E-state index in [4.69, 9.17) is 24.9 Å². The molecule has 5 heteroatoms. The summed E-state index contributed by atoms with van der Waals surface area (Å²) in [5, 5.41) is 0. The molecule has 0 aliphatic heterocycles. The van der Waals surface area contributed by atoms with E-state index in [0.717, 1.165) is 89.3 Å². The summed E-state index contributed by atoms with van der Waals surface area (Å²) in [5.74, 6) is 2.53. The van der Waals surface area contributed by atoms with Crippen molar-refractivity contribution in [2.24, 2.45) is 0 Å². The lowest BCUT2D eigenvalue weighted by atomic mass is 9.94. The number of hydrogen-bond donors (Lipinski definition) is 0. The predicted molar refractivity (Wildman–Crippen MR) is 270 cm³/mol. The van der Waals surface area contributed by atoms with Crippen LogP contribution >= 0.6 is 0 Å². The molecule has 2 heterocycles. The van der Waals surface area contributed by atoms with E-state index < -0.39 is 0 Å². The summed E-state index contributed by atoms with van der Waals surface area (Å²) < 4.78 is 0. The van der Waals surface area contributed by atoms with Crippen molar-refractivity contribution in [1.29, 1.82) is 0 Å². The van der Waals surface area contributed by atoms with E-state index in [9.17, 15) is 0 Å². The Morgan fingerprint density at radius 3 is 0.909 bits per heavy atom. The van der Waals surface area contributed by atoms with Gasteiger partial charge in [0.15, 0.2) is 23.3 Å². The predicted octanol–water partition coefficient (Wildman–Crippen LogP) is 15.3. The van der Waals surface area contributed by atoms with Crippen LogP contribution in [0, 0.1) is 0 Å². The summed E-state index contributed by atoms with van der Waals surface area (Å²) in [6.07, 6.45) is 0. The van der Waals surface area contributed by atoms with Crippen LogP contribution in [0.5, 0.6) is 0 Å². The average molecular weight is 844 g/mol. The second-order valence-electron chi connectivity index (χ2n) is 16.1. The van der Waals surface area contributed by atoms with Gasteiger partial charge < -0.3 is 0 Å². The van der Waals surface area contributed by atoms with Crippen LogP contribution in [0.2, 0.25) is 0 Å². The maximum absolute atomic E-state index is 5.21. The highest BCUT2D eigenvalue weighted by Crippen LogP contribution is 2.36. The van der Waals surface area contributed by atoms with E-state index in [1.807, 2.05) is 54.6 Å². The lowest BCUT2D eigenvalue weighted by molar-refractivity contribution is 1.07. The van der Waals surface area contributed by atoms with Gasteiger partial charge >= 0.3 is 0 Å². The maximum atomic E-state index is 5.21. The third kappa shape index (κ3) is 8.57. The van der Waals surface area contributed by atoms with E-state index in [0.29, 0.717) is 23.3 Å². The number of aromatic nitrogens is 5. The molecule has 0 aliphatic rings. The van der Waals surface area contributed by atoms with Gasteiger partial charge in [-0.1, -0.05) is 218 Å². The molecule has 0 N–H and O–H groups in total. The molecule has 0 bridgehead atoms. The quantitative estimate of drug-likeness (QED) is 0.137. The number of rotatable bonds is 10. The largest absolute Gasteiger partial charge is 0.228 e. The van der Waals surface area contributed by atoms with Gasteiger partial charge in [0.05, 0.1) is 11.4 Å². The van der Waals surface area contributed by atoms with Gasteiger partial charge in [0.25, 0.3) is 0 Å². The van der Waals surface area contributed by atoms with Crippen molar-refractivity contribution in [1.82, 2.24) is 24.9 Å². The summed E-state index contributed by atoms with van der Waals surface area (Å²) in [6.45, 7) is 0. The molecule has 0 atom stereocenters. The van der Waals surface area contributed by atoms with Crippen LogP contribution in [-0.4, -0.2) is 24.9 Å². The maximum Gasteiger partial charge on any atom is 0.164 e. The normalized spacial score (nSPS) is 11.0. The van der Waals surface area contributed by atoms with Crippen LogP contribution in [0.3, 0.4) is 0 Å². The Bertz CT molecular complexity index is 3360. The lowest BCUT2D eigenvalue weighted by Crippen LogP contribution is -2.00. The summed E-state index contributed by atoms with van der Waals surface area (Å²) in [5.41, 5.74) is 16.4. The highest BCUT2D eigenvalue weighted by molar-refractivity contribution is 5.83. The third-order valence-corrected chi connectivity index (χ3v) is 11.8. The SMILES string of the molecule is c1ccc(-c2ccc(-c3nc(-c4ccccc4)nc(-c4cccc(-c5ccc(-c6cc(-c7cc(-c8ccccc8)cc(-c8ccccc8)c7)nc(-c7ccccc7)n6)cc5)c4)n3)cc2)cc1. The highest BCUT2D eigenvalue weighted by Gasteiger charge is 2.16. The first-order chi connectivity index (χ1) is 32.7. The molecule has 0 aliphatic carbocycles. The fourth-order valence-corrected chi connectivity index (χ4v) is 8.29.